The molecule has 0 fully saturated rings. The van der Waals surface area contributed by atoms with Gasteiger partial charge in [-0.2, -0.15) is 0 Å². The van der Waals surface area contributed by atoms with Gasteiger partial charge in [0.15, 0.2) is 0 Å². The van der Waals surface area contributed by atoms with Crippen LogP contribution >= 0.6 is 0 Å². The smallest absolute Gasteiger partial charge is 0.0998 e. The highest BCUT2D eigenvalue weighted by Crippen LogP contribution is 2.27. The molecule has 12 heavy (non-hydrogen) atoms. The number of hydrogen-bond donors (Lipinski definition) is 0. The fraction of sp³-hybridized carbons (Fsp3) is 0.636. The first kappa shape index (κ1) is 9.53. The lowest BCUT2D eigenvalue weighted by atomic mass is 10.0. The van der Waals surface area contributed by atoms with Crippen LogP contribution in [0.1, 0.15) is 34.1 Å². The lowest BCUT2D eigenvalue weighted by molar-refractivity contribution is 0.144. The van der Waals surface area contributed by atoms with Crippen LogP contribution in [-0.4, -0.2) is 12.7 Å². The van der Waals surface area contributed by atoms with Crippen LogP contribution in [0.2, 0.25) is 0 Å². The Hall–Kier alpha value is -0.560. The fourth-order valence-corrected chi connectivity index (χ4v) is 1.61. The summed E-state index contributed by atoms with van der Waals surface area (Å²) in [5.41, 5.74) is 4.23. The van der Waals surface area contributed by atoms with Crippen molar-refractivity contribution in [3.63, 3.8) is 0 Å². The van der Waals surface area contributed by atoms with Gasteiger partial charge < -0.3 is 4.74 Å². The Labute approximate surface area is 75.1 Å². The number of hydrogen-bond acceptors (Lipinski definition) is 1. The van der Waals surface area contributed by atoms with Crippen LogP contribution in [0.15, 0.2) is 22.8 Å². The highest BCUT2D eigenvalue weighted by molar-refractivity contribution is 5.29. The predicted molar refractivity (Wildman–Crippen MR) is 52.2 cm³/mol. The average Bonchev–Trinajstić information content (AvgIpc) is 2.45. The van der Waals surface area contributed by atoms with E-state index in [-0.39, 0.29) is 6.10 Å². The van der Waals surface area contributed by atoms with Crippen molar-refractivity contribution in [1.82, 2.24) is 0 Å². The molecule has 68 valence electrons. The molecule has 0 radical (unpaired) electrons. The maximum Gasteiger partial charge on any atom is 0.0998 e. The summed E-state index contributed by atoms with van der Waals surface area (Å²) in [5, 5.41) is 0. The highest BCUT2D eigenvalue weighted by Gasteiger charge is 2.22. The molecule has 0 aromatic heterocycles. The summed E-state index contributed by atoms with van der Waals surface area (Å²) in [4.78, 5) is 0. The molecule has 1 rings (SSSR count). The Kier molecular flexibility index (Phi) is 3.10. The van der Waals surface area contributed by atoms with Gasteiger partial charge in [0.05, 0.1) is 12.7 Å². The third kappa shape index (κ3) is 1.61. The SMILES string of the molecule is C/C=C(\C)[C@H]1OCC(CC)=C1C. The van der Waals surface area contributed by atoms with Gasteiger partial charge in [0.2, 0.25) is 0 Å². The van der Waals surface area contributed by atoms with Gasteiger partial charge in [0.1, 0.15) is 0 Å². The zero-order chi connectivity index (χ0) is 9.14. The molecule has 1 heteroatoms. The lowest BCUT2D eigenvalue weighted by Gasteiger charge is -2.11. The molecular weight excluding hydrogens is 148 g/mol. The minimum absolute atomic E-state index is 0.268. The van der Waals surface area contributed by atoms with Gasteiger partial charge in [-0.15, -0.1) is 0 Å². The summed E-state index contributed by atoms with van der Waals surface area (Å²) >= 11 is 0. The molecule has 0 unspecified atom stereocenters. The molecule has 0 aliphatic carbocycles. The summed E-state index contributed by atoms with van der Waals surface area (Å²) in [5.74, 6) is 0. The van der Waals surface area contributed by atoms with Crippen LogP contribution in [-0.2, 0) is 4.74 Å². The van der Waals surface area contributed by atoms with Crippen molar-refractivity contribution >= 4 is 0 Å². The molecule has 0 N–H and O–H groups in total. The van der Waals surface area contributed by atoms with Crippen molar-refractivity contribution in [2.45, 2.75) is 40.2 Å². The van der Waals surface area contributed by atoms with Crippen LogP contribution in [0, 0.1) is 0 Å². The van der Waals surface area contributed by atoms with Gasteiger partial charge in [-0.3, -0.25) is 0 Å². The van der Waals surface area contributed by atoms with E-state index in [2.05, 4.69) is 33.8 Å². The molecule has 0 bridgehead atoms. The van der Waals surface area contributed by atoms with E-state index in [1.165, 1.54) is 16.7 Å². The molecule has 0 aromatic carbocycles. The summed E-state index contributed by atoms with van der Waals surface area (Å²) in [7, 11) is 0. The van der Waals surface area contributed by atoms with E-state index in [1.807, 2.05) is 0 Å². The van der Waals surface area contributed by atoms with Gasteiger partial charge >= 0.3 is 0 Å². The third-order valence-corrected chi connectivity index (χ3v) is 2.67. The van der Waals surface area contributed by atoms with Crippen molar-refractivity contribution < 1.29 is 4.74 Å². The summed E-state index contributed by atoms with van der Waals surface area (Å²) < 4.78 is 5.68. The van der Waals surface area contributed by atoms with E-state index in [4.69, 9.17) is 4.74 Å². The van der Waals surface area contributed by atoms with Gasteiger partial charge in [-0.1, -0.05) is 13.0 Å². The zero-order valence-electron chi connectivity index (χ0n) is 8.48. The molecule has 0 amide bonds. The van der Waals surface area contributed by atoms with E-state index < -0.39 is 0 Å². The van der Waals surface area contributed by atoms with E-state index >= 15 is 0 Å². The molecular formula is C11H18O. The van der Waals surface area contributed by atoms with Gasteiger partial charge in [0, 0.05) is 0 Å². The molecule has 0 saturated heterocycles. The molecule has 1 atom stereocenters. The third-order valence-electron chi connectivity index (χ3n) is 2.67. The number of allylic oxidation sites excluding steroid dienone is 1. The van der Waals surface area contributed by atoms with Crippen molar-refractivity contribution in [1.29, 1.82) is 0 Å². The average molecular weight is 166 g/mol. The van der Waals surface area contributed by atoms with Crippen molar-refractivity contribution in [2.24, 2.45) is 0 Å². The topological polar surface area (TPSA) is 9.23 Å². The second-order valence-corrected chi connectivity index (χ2v) is 3.36. The maximum atomic E-state index is 5.68. The minimum atomic E-state index is 0.268. The van der Waals surface area contributed by atoms with E-state index in [0.29, 0.717) is 0 Å². The standard InChI is InChI=1S/C11H18O/c1-5-8(3)11-9(4)10(6-2)7-12-11/h5,11H,6-7H2,1-4H3/b8-5+/t11-/m1/s1. The molecule has 1 aliphatic heterocycles. The van der Waals surface area contributed by atoms with E-state index in [1.54, 1.807) is 0 Å². The van der Waals surface area contributed by atoms with Crippen LogP contribution in [0.25, 0.3) is 0 Å². The Morgan fingerprint density at radius 1 is 1.67 bits per heavy atom. The van der Waals surface area contributed by atoms with Crippen LogP contribution in [0.5, 0.6) is 0 Å². The largest absolute Gasteiger partial charge is 0.365 e. The quantitative estimate of drug-likeness (QED) is 0.573. The normalized spacial score (nSPS) is 25.3. The Morgan fingerprint density at radius 2 is 2.33 bits per heavy atom. The first-order valence-corrected chi connectivity index (χ1v) is 4.63. The molecule has 0 saturated carbocycles. The molecule has 1 heterocycles. The molecule has 1 aliphatic rings. The highest BCUT2D eigenvalue weighted by atomic mass is 16.5. The number of rotatable bonds is 2. The Balaban J connectivity index is 2.79. The van der Waals surface area contributed by atoms with Gasteiger partial charge in [0.25, 0.3) is 0 Å². The zero-order valence-corrected chi connectivity index (χ0v) is 8.48. The second-order valence-electron chi connectivity index (χ2n) is 3.36. The van der Waals surface area contributed by atoms with Crippen molar-refractivity contribution in [2.75, 3.05) is 6.61 Å². The maximum absolute atomic E-state index is 5.68. The lowest BCUT2D eigenvalue weighted by Crippen LogP contribution is -2.09. The first-order valence-electron chi connectivity index (χ1n) is 4.63. The predicted octanol–water partition coefficient (Wildman–Crippen LogP) is 3.08. The van der Waals surface area contributed by atoms with E-state index in [0.717, 1.165) is 13.0 Å². The Bertz CT molecular complexity index is 223. The summed E-state index contributed by atoms with van der Waals surface area (Å²) in [6, 6.07) is 0. The fourth-order valence-electron chi connectivity index (χ4n) is 1.61. The Morgan fingerprint density at radius 3 is 2.75 bits per heavy atom. The number of ether oxygens (including phenoxy) is 1. The van der Waals surface area contributed by atoms with Crippen molar-refractivity contribution in [3.8, 4) is 0 Å². The van der Waals surface area contributed by atoms with Crippen LogP contribution < -0.4 is 0 Å². The van der Waals surface area contributed by atoms with Crippen LogP contribution in [0.3, 0.4) is 0 Å². The first-order chi connectivity index (χ1) is 5.70. The van der Waals surface area contributed by atoms with Crippen molar-refractivity contribution in [3.05, 3.63) is 22.8 Å². The van der Waals surface area contributed by atoms with E-state index in [9.17, 15) is 0 Å². The van der Waals surface area contributed by atoms with Gasteiger partial charge in [-0.25, -0.2) is 0 Å². The summed E-state index contributed by atoms with van der Waals surface area (Å²) in [6.45, 7) is 9.40. The molecule has 0 aromatic rings. The second kappa shape index (κ2) is 3.90. The van der Waals surface area contributed by atoms with Crippen LogP contribution in [0.4, 0.5) is 0 Å². The molecule has 0 spiro atoms. The molecule has 1 nitrogen and oxygen atoms in total. The van der Waals surface area contributed by atoms with Gasteiger partial charge in [-0.05, 0) is 43.9 Å². The minimum Gasteiger partial charge on any atom is -0.365 e. The monoisotopic (exact) mass is 166 g/mol. The summed E-state index contributed by atoms with van der Waals surface area (Å²) in [6.07, 6.45) is 3.52.